The Labute approximate surface area is 119 Å². The number of nitrogens with two attached hydrogens (primary N) is 1. The normalized spacial score (nSPS) is 16.4. The quantitative estimate of drug-likeness (QED) is 0.844. The first kappa shape index (κ1) is 13.7. The first-order valence-electron chi connectivity index (χ1n) is 5.71. The average molecular weight is 333 g/mol. The Hall–Kier alpha value is -0.720. The molecule has 0 amide bonds. The summed E-state index contributed by atoms with van der Waals surface area (Å²) in [5.74, 6) is -0.317. The van der Waals surface area contributed by atoms with Crippen molar-refractivity contribution in [2.24, 2.45) is 5.73 Å². The molecular formula is C12H14BrFN2OS. The van der Waals surface area contributed by atoms with Gasteiger partial charge < -0.3 is 15.4 Å². The van der Waals surface area contributed by atoms with Crippen LogP contribution in [-0.4, -0.2) is 31.3 Å². The van der Waals surface area contributed by atoms with E-state index in [0.717, 1.165) is 19.6 Å². The van der Waals surface area contributed by atoms with Gasteiger partial charge in [0.05, 0.1) is 16.8 Å². The van der Waals surface area contributed by atoms with Crippen molar-refractivity contribution >= 4 is 38.8 Å². The van der Waals surface area contributed by atoms with Crippen LogP contribution in [0.3, 0.4) is 0 Å². The third kappa shape index (κ3) is 2.81. The molecule has 1 heterocycles. The number of halogens is 2. The van der Waals surface area contributed by atoms with Crippen LogP contribution in [0.15, 0.2) is 16.6 Å². The number of benzene rings is 1. The second-order valence-corrected chi connectivity index (χ2v) is 5.31. The van der Waals surface area contributed by atoms with Crippen LogP contribution < -0.4 is 10.6 Å². The van der Waals surface area contributed by atoms with E-state index in [2.05, 4.69) is 15.9 Å². The molecule has 0 spiro atoms. The number of nitrogens with zero attached hydrogens (tertiary/aromatic N) is 1. The summed E-state index contributed by atoms with van der Waals surface area (Å²) >= 11 is 8.10. The molecule has 0 aromatic heterocycles. The minimum atomic E-state index is -0.317. The molecule has 1 aromatic rings. The molecule has 0 unspecified atom stereocenters. The van der Waals surface area contributed by atoms with Crippen LogP contribution in [0.25, 0.3) is 0 Å². The Kier molecular flexibility index (Phi) is 4.53. The molecule has 1 aromatic carbocycles. The molecule has 2 N–H and O–H groups in total. The lowest BCUT2D eigenvalue weighted by molar-refractivity contribution is 0.152. The number of anilines is 1. The summed E-state index contributed by atoms with van der Waals surface area (Å²) in [4.78, 5) is 2.17. The highest BCUT2D eigenvalue weighted by Crippen LogP contribution is 2.30. The van der Waals surface area contributed by atoms with Gasteiger partial charge in [-0.2, -0.15) is 0 Å². The predicted octanol–water partition coefficient (Wildman–Crippen LogP) is 2.45. The fourth-order valence-electron chi connectivity index (χ4n) is 1.96. The van der Waals surface area contributed by atoms with Crippen molar-refractivity contribution < 1.29 is 9.13 Å². The van der Waals surface area contributed by atoms with E-state index >= 15 is 0 Å². The Morgan fingerprint density at radius 1 is 1.39 bits per heavy atom. The molecule has 0 bridgehead atoms. The molecule has 3 nitrogen and oxygen atoms in total. The Bertz CT molecular complexity index is 462. The topological polar surface area (TPSA) is 38.5 Å². The summed E-state index contributed by atoms with van der Waals surface area (Å²) in [6.07, 6.45) is 0.897. The van der Waals surface area contributed by atoms with Crippen LogP contribution in [0.5, 0.6) is 0 Å². The molecular weight excluding hydrogens is 319 g/mol. The number of rotatable bonds is 2. The van der Waals surface area contributed by atoms with Crippen LogP contribution in [0, 0.1) is 5.82 Å². The van der Waals surface area contributed by atoms with Crippen molar-refractivity contribution in [3.05, 3.63) is 28.0 Å². The maximum absolute atomic E-state index is 14.3. The van der Waals surface area contributed by atoms with E-state index in [9.17, 15) is 4.39 Å². The number of hydrogen-bond donors (Lipinski definition) is 1. The molecule has 98 valence electrons. The van der Waals surface area contributed by atoms with E-state index in [1.807, 2.05) is 4.90 Å². The summed E-state index contributed by atoms with van der Waals surface area (Å²) < 4.78 is 20.0. The lowest BCUT2D eigenvalue weighted by Gasteiger charge is -2.23. The van der Waals surface area contributed by atoms with E-state index in [0.29, 0.717) is 28.9 Å². The van der Waals surface area contributed by atoms with E-state index in [1.54, 1.807) is 12.1 Å². The summed E-state index contributed by atoms with van der Waals surface area (Å²) in [6, 6.07) is 3.47. The molecule has 1 saturated heterocycles. The van der Waals surface area contributed by atoms with E-state index < -0.39 is 0 Å². The second-order valence-electron chi connectivity index (χ2n) is 4.08. The van der Waals surface area contributed by atoms with Gasteiger partial charge in [-0.05, 0) is 34.5 Å². The molecule has 0 aliphatic carbocycles. The minimum Gasteiger partial charge on any atom is -0.389 e. The summed E-state index contributed by atoms with van der Waals surface area (Å²) in [6.45, 7) is 2.82. The van der Waals surface area contributed by atoms with Crippen LogP contribution in [0.1, 0.15) is 12.0 Å². The van der Waals surface area contributed by atoms with E-state index in [4.69, 9.17) is 22.7 Å². The Balaban J connectivity index is 2.33. The molecule has 2 rings (SSSR count). The van der Waals surface area contributed by atoms with Crippen LogP contribution in [0.2, 0.25) is 0 Å². The second kappa shape index (κ2) is 5.95. The van der Waals surface area contributed by atoms with Crippen molar-refractivity contribution in [1.82, 2.24) is 0 Å². The maximum Gasteiger partial charge on any atom is 0.161 e. The molecule has 6 heteroatoms. The van der Waals surface area contributed by atoms with Crippen molar-refractivity contribution in [1.29, 1.82) is 0 Å². The first-order chi connectivity index (χ1) is 8.61. The Morgan fingerprint density at radius 2 is 2.17 bits per heavy atom. The largest absolute Gasteiger partial charge is 0.389 e. The Morgan fingerprint density at radius 3 is 2.89 bits per heavy atom. The van der Waals surface area contributed by atoms with Crippen LogP contribution >= 0.6 is 28.1 Å². The molecule has 1 fully saturated rings. The monoisotopic (exact) mass is 332 g/mol. The van der Waals surface area contributed by atoms with Gasteiger partial charge >= 0.3 is 0 Å². The van der Waals surface area contributed by atoms with Gasteiger partial charge in [0.1, 0.15) is 4.99 Å². The lowest BCUT2D eigenvalue weighted by atomic mass is 10.1. The summed E-state index contributed by atoms with van der Waals surface area (Å²) in [7, 11) is 0. The van der Waals surface area contributed by atoms with Gasteiger partial charge in [-0.25, -0.2) is 4.39 Å². The highest BCUT2D eigenvalue weighted by Gasteiger charge is 2.18. The van der Waals surface area contributed by atoms with Crippen molar-refractivity contribution in [3.63, 3.8) is 0 Å². The van der Waals surface area contributed by atoms with Crippen molar-refractivity contribution in [2.45, 2.75) is 6.42 Å². The summed E-state index contributed by atoms with van der Waals surface area (Å²) in [5.41, 5.74) is 6.63. The van der Waals surface area contributed by atoms with Crippen molar-refractivity contribution in [3.8, 4) is 0 Å². The predicted molar refractivity (Wildman–Crippen MR) is 77.6 cm³/mol. The van der Waals surface area contributed by atoms with Gasteiger partial charge in [0, 0.05) is 25.3 Å². The van der Waals surface area contributed by atoms with E-state index in [1.165, 1.54) is 0 Å². The smallest absolute Gasteiger partial charge is 0.161 e. The number of hydrogen-bond acceptors (Lipinski definition) is 3. The molecule has 0 radical (unpaired) electrons. The zero-order valence-electron chi connectivity index (χ0n) is 9.79. The van der Waals surface area contributed by atoms with Gasteiger partial charge in [-0.15, -0.1) is 0 Å². The summed E-state index contributed by atoms with van der Waals surface area (Å²) in [5, 5.41) is 0. The average Bonchev–Trinajstić information content (AvgIpc) is 2.60. The zero-order chi connectivity index (χ0) is 13.1. The fraction of sp³-hybridized carbons (Fsp3) is 0.417. The van der Waals surface area contributed by atoms with Gasteiger partial charge in [0.25, 0.3) is 0 Å². The van der Waals surface area contributed by atoms with Gasteiger partial charge in [-0.1, -0.05) is 12.2 Å². The molecule has 0 saturated carbocycles. The lowest BCUT2D eigenvalue weighted by Crippen LogP contribution is -2.27. The standard InChI is InChI=1S/C12H14BrFN2OS/c13-10-8(12(15)18)2-3-9(11(10)14)16-4-1-6-17-7-5-16/h2-3H,1,4-7H2,(H2,15,18). The fourth-order valence-corrected chi connectivity index (χ4v) is 2.81. The third-order valence-electron chi connectivity index (χ3n) is 2.89. The minimum absolute atomic E-state index is 0.187. The van der Waals surface area contributed by atoms with E-state index in [-0.39, 0.29) is 10.8 Å². The van der Waals surface area contributed by atoms with Gasteiger partial charge in [-0.3, -0.25) is 0 Å². The van der Waals surface area contributed by atoms with Crippen LogP contribution in [0.4, 0.5) is 10.1 Å². The molecule has 18 heavy (non-hydrogen) atoms. The van der Waals surface area contributed by atoms with Gasteiger partial charge in [0.15, 0.2) is 5.82 Å². The number of thiocarbonyl (C=S) groups is 1. The molecule has 0 atom stereocenters. The first-order valence-corrected chi connectivity index (χ1v) is 6.92. The SMILES string of the molecule is NC(=S)c1ccc(N2CCCOCC2)c(F)c1Br. The van der Waals surface area contributed by atoms with Crippen LogP contribution in [-0.2, 0) is 4.74 Å². The highest BCUT2D eigenvalue weighted by molar-refractivity contribution is 9.10. The molecule has 1 aliphatic rings. The number of ether oxygens (including phenoxy) is 1. The van der Waals surface area contributed by atoms with Gasteiger partial charge in [0.2, 0.25) is 0 Å². The zero-order valence-corrected chi connectivity index (χ0v) is 12.2. The molecule has 1 aliphatic heterocycles. The van der Waals surface area contributed by atoms with Crippen molar-refractivity contribution in [2.75, 3.05) is 31.2 Å². The maximum atomic E-state index is 14.3. The third-order valence-corrected chi connectivity index (χ3v) is 3.89. The highest BCUT2D eigenvalue weighted by atomic mass is 79.9.